The zero-order chi connectivity index (χ0) is 18.5. The number of ether oxygens (including phenoxy) is 1. The third-order valence-electron chi connectivity index (χ3n) is 5.54. The fourth-order valence-corrected chi connectivity index (χ4v) is 3.96. The molecule has 2 aliphatic heterocycles. The Morgan fingerprint density at radius 3 is 2.54 bits per heavy atom. The summed E-state index contributed by atoms with van der Waals surface area (Å²) in [5.41, 5.74) is 7.83. The lowest BCUT2D eigenvalue weighted by atomic mass is 9.84. The highest BCUT2D eigenvalue weighted by Crippen LogP contribution is 2.33. The number of rotatable bonds is 5. The normalized spacial score (nSPS) is 24.3. The molecule has 26 heavy (non-hydrogen) atoms. The van der Waals surface area contributed by atoms with Crippen molar-refractivity contribution in [3.05, 3.63) is 41.5 Å². The first-order chi connectivity index (χ1) is 12.5. The van der Waals surface area contributed by atoms with E-state index >= 15 is 0 Å². The first kappa shape index (κ1) is 18.6. The number of piperidine rings is 1. The van der Waals surface area contributed by atoms with Crippen molar-refractivity contribution in [3.63, 3.8) is 0 Å². The van der Waals surface area contributed by atoms with E-state index in [1.165, 1.54) is 5.56 Å². The number of nitrogens with zero attached hydrogens (tertiary/aromatic N) is 1. The Balaban J connectivity index is 1.46. The largest absolute Gasteiger partial charge is 0.377 e. The number of carbonyl (C=O) groups is 2. The van der Waals surface area contributed by atoms with Crippen LogP contribution < -0.4 is 5.73 Å². The summed E-state index contributed by atoms with van der Waals surface area (Å²) in [7, 11) is 0. The standard InChI is InChI=1S/C21H28N2O3/c1-15-5-7-16(8-6-15)3-2-4-19(24)23-12-9-17(10-13-23)20-18(21(22)25)11-14-26-20/h2-3,5-8,17-18,20H,4,9-14H2,1H3,(H2,22,25)/b3-2+/t18-,20+/m0/s1. The van der Waals surface area contributed by atoms with Gasteiger partial charge in [0.25, 0.3) is 0 Å². The molecule has 2 fully saturated rings. The van der Waals surface area contributed by atoms with Gasteiger partial charge in [-0.25, -0.2) is 0 Å². The Morgan fingerprint density at radius 2 is 1.88 bits per heavy atom. The van der Waals surface area contributed by atoms with E-state index in [1.807, 2.05) is 17.1 Å². The first-order valence-corrected chi connectivity index (χ1v) is 9.46. The summed E-state index contributed by atoms with van der Waals surface area (Å²) in [4.78, 5) is 25.9. The van der Waals surface area contributed by atoms with Crippen LogP contribution in [-0.4, -0.2) is 42.5 Å². The molecular formula is C21H28N2O3. The molecular weight excluding hydrogens is 328 g/mol. The van der Waals surface area contributed by atoms with E-state index < -0.39 is 0 Å². The lowest BCUT2D eigenvalue weighted by Gasteiger charge is -2.35. The van der Waals surface area contributed by atoms with Gasteiger partial charge < -0.3 is 15.4 Å². The Kier molecular flexibility index (Phi) is 6.09. The monoisotopic (exact) mass is 356 g/mol. The Morgan fingerprint density at radius 1 is 1.19 bits per heavy atom. The quantitative estimate of drug-likeness (QED) is 0.881. The molecule has 2 aliphatic rings. The average Bonchev–Trinajstić information content (AvgIpc) is 3.13. The van der Waals surface area contributed by atoms with E-state index in [1.54, 1.807) is 0 Å². The molecule has 2 heterocycles. The summed E-state index contributed by atoms with van der Waals surface area (Å²) in [6.07, 6.45) is 6.76. The molecule has 0 aromatic heterocycles. The molecule has 2 saturated heterocycles. The van der Waals surface area contributed by atoms with Gasteiger partial charge in [0.15, 0.2) is 0 Å². The maximum absolute atomic E-state index is 12.4. The number of hydrogen-bond acceptors (Lipinski definition) is 3. The summed E-state index contributed by atoms with van der Waals surface area (Å²) >= 11 is 0. The molecule has 0 spiro atoms. The Bertz CT molecular complexity index is 660. The fraction of sp³-hybridized carbons (Fsp3) is 0.524. The third kappa shape index (κ3) is 4.52. The summed E-state index contributed by atoms with van der Waals surface area (Å²) in [6, 6.07) is 8.24. The molecule has 140 valence electrons. The highest BCUT2D eigenvalue weighted by Gasteiger charge is 2.39. The average molecular weight is 356 g/mol. The zero-order valence-electron chi connectivity index (χ0n) is 15.4. The van der Waals surface area contributed by atoms with Crippen molar-refractivity contribution in [2.45, 2.75) is 38.7 Å². The van der Waals surface area contributed by atoms with Crippen molar-refractivity contribution in [3.8, 4) is 0 Å². The number of benzene rings is 1. The third-order valence-corrected chi connectivity index (χ3v) is 5.54. The van der Waals surface area contributed by atoms with E-state index in [-0.39, 0.29) is 23.8 Å². The van der Waals surface area contributed by atoms with Crippen LogP contribution in [0.1, 0.15) is 36.8 Å². The minimum Gasteiger partial charge on any atom is -0.377 e. The molecule has 2 atom stereocenters. The van der Waals surface area contributed by atoms with E-state index in [2.05, 4.69) is 31.2 Å². The number of hydrogen-bond donors (Lipinski definition) is 1. The number of nitrogens with two attached hydrogens (primary N) is 1. The molecule has 5 nitrogen and oxygen atoms in total. The SMILES string of the molecule is Cc1ccc(/C=C/CC(=O)N2CCC([C@H]3OCC[C@@H]3C(N)=O)CC2)cc1. The van der Waals surface area contributed by atoms with E-state index in [4.69, 9.17) is 10.5 Å². The van der Waals surface area contributed by atoms with Crippen LogP contribution in [-0.2, 0) is 14.3 Å². The second-order valence-electron chi connectivity index (χ2n) is 7.37. The van der Waals surface area contributed by atoms with Crippen molar-refractivity contribution in [1.82, 2.24) is 4.90 Å². The van der Waals surface area contributed by atoms with Crippen LogP contribution >= 0.6 is 0 Å². The second kappa shape index (κ2) is 8.49. The van der Waals surface area contributed by atoms with Gasteiger partial charge in [0.05, 0.1) is 12.0 Å². The van der Waals surface area contributed by atoms with Crippen molar-refractivity contribution < 1.29 is 14.3 Å². The van der Waals surface area contributed by atoms with Crippen LogP contribution in [0.5, 0.6) is 0 Å². The van der Waals surface area contributed by atoms with Crippen LogP contribution in [0, 0.1) is 18.8 Å². The van der Waals surface area contributed by atoms with Gasteiger partial charge in [-0.15, -0.1) is 0 Å². The number of amides is 2. The smallest absolute Gasteiger partial charge is 0.226 e. The van der Waals surface area contributed by atoms with Gasteiger partial charge in [-0.1, -0.05) is 42.0 Å². The van der Waals surface area contributed by atoms with Crippen LogP contribution in [0.3, 0.4) is 0 Å². The van der Waals surface area contributed by atoms with Gasteiger partial charge in [0.2, 0.25) is 11.8 Å². The molecule has 3 rings (SSSR count). The number of primary amides is 1. The number of aryl methyl sites for hydroxylation is 1. The summed E-state index contributed by atoms with van der Waals surface area (Å²) in [6.45, 7) is 4.13. The lowest BCUT2D eigenvalue weighted by Crippen LogP contribution is -2.44. The molecule has 2 N–H and O–H groups in total. The Hall–Kier alpha value is -2.14. The van der Waals surface area contributed by atoms with Gasteiger partial charge in [0.1, 0.15) is 0 Å². The van der Waals surface area contributed by atoms with Crippen molar-refractivity contribution in [2.24, 2.45) is 17.6 Å². The molecule has 1 aromatic carbocycles. The van der Waals surface area contributed by atoms with E-state index in [9.17, 15) is 9.59 Å². The van der Waals surface area contributed by atoms with Crippen molar-refractivity contribution in [2.75, 3.05) is 19.7 Å². The van der Waals surface area contributed by atoms with E-state index in [0.717, 1.165) is 37.9 Å². The summed E-state index contributed by atoms with van der Waals surface area (Å²) < 4.78 is 5.77. The number of likely N-dealkylation sites (tertiary alicyclic amines) is 1. The molecule has 0 radical (unpaired) electrons. The highest BCUT2D eigenvalue weighted by atomic mass is 16.5. The molecule has 0 saturated carbocycles. The van der Waals surface area contributed by atoms with Gasteiger partial charge in [0, 0.05) is 26.1 Å². The minimum atomic E-state index is -0.257. The summed E-state index contributed by atoms with van der Waals surface area (Å²) in [5, 5.41) is 0. The molecule has 0 bridgehead atoms. The predicted octanol–water partition coefficient (Wildman–Crippen LogP) is 2.53. The topological polar surface area (TPSA) is 72.6 Å². The van der Waals surface area contributed by atoms with Crippen LogP contribution in [0.4, 0.5) is 0 Å². The van der Waals surface area contributed by atoms with Gasteiger partial charge >= 0.3 is 0 Å². The van der Waals surface area contributed by atoms with Crippen LogP contribution in [0.15, 0.2) is 30.3 Å². The predicted molar refractivity (Wildman–Crippen MR) is 101 cm³/mol. The van der Waals surface area contributed by atoms with Crippen LogP contribution in [0.2, 0.25) is 0 Å². The molecule has 2 amide bonds. The maximum atomic E-state index is 12.4. The molecule has 0 aliphatic carbocycles. The lowest BCUT2D eigenvalue weighted by molar-refractivity contribution is -0.133. The zero-order valence-corrected chi connectivity index (χ0v) is 15.4. The van der Waals surface area contributed by atoms with Gasteiger partial charge in [-0.2, -0.15) is 0 Å². The van der Waals surface area contributed by atoms with Gasteiger partial charge in [-0.05, 0) is 37.7 Å². The van der Waals surface area contributed by atoms with E-state index in [0.29, 0.717) is 18.9 Å². The fourth-order valence-electron chi connectivity index (χ4n) is 3.96. The van der Waals surface area contributed by atoms with Crippen molar-refractivity contribution in [1.29, 1.82) is 0 Å². The highest BCUT2D eigenvalue weighted by molar-refractivity contribution is 5.79. The minimum absolute atomic E-state index is 0.0637. The molecule has 5 heteroatoms. The van der Waals surface area contributed by atoms with Gasteiger partial charge in [-0.3, -0.25) is 9.59 Å². The maximum Gasteiger partial charge on any atom is 0.226 e. The summed E-state index contributed by atoms with van der Waals surface area (Å²) in [5.74, 6) is 0.0553. The second-order valence-corrected chi connectivity index (χ2v) is 7.37. The Labute approximate surface area is 155 Å². The number of carbonyl (C=O) groups excluding carboxylic acids is 2. The molecule has 1 aromatic rings. The van der Waals surface area contributed by atoms with Crippen molar-refractivity contribution >= 4 is 17.9 Å². The van der Waals surface area contributed by atoms with Crippen LogP contribution in [0.25, 0.3) is 6.08 Å². The first-order valence-electron chi connectivity index (χ1n) is 9.46. The molecule has 0 unspecified atom stereocenters.